The zero-order chi connectivity index (χ0) is 13.8. The van der Waals surface area contributed by atoms with Crippen LogP contribution < -0.4 is 10.9 Å². The fourth-order valence-electron chi connectivity index (χ4n) is 1.94. The Morgan fingerprint density at radius 2 is 2.16 bits per heavy atom. The van der Waals surface area contributed by atoms with Gasteiger partial charge in [-0.1, -0.05) is 11.6 Å². The number of aryl methyl sites for hydroxylation is 1. The first-order valence-electron chi connectivity index (χ1n) is 6.22. The number of aromatic amines is 1. The molecule has 0 amide bonds. The smallest absolute Gasteiger partial charge is 0.252 e. The van der Waals surface area contributed by atoms with Crippen molar-refractivity contribution >= 4 is 10.9 Å². The molecule has 0 saturated carbocycles. The number of pyridine rings is 1. The molecule has 102 valence electrons. The summed E-state index contributed by atoms with van der Waals surface area (Å²) in [7, 11) is 0. The lowest BCUT2D eigenvalue weighted by Gasteiger charge is -2.09. The summed E-state index contributed by atoms with van der Waals surface area (Å²) in [6.45, 7) is 2.32. The molecule has 1 heterocycles. The summed E-state index contributed by atoms with van der Waals surface area (Å²) in [6.07, 6.45) is -0.804. The number of aromatic nitrogens is 1. The fraction of sp³-hybridized carbons (Fsp3) is 0.357. The van der Waals surface area contributed by atoms with Crippen molar-refractivity contribution in [3.63, 3.8) is 0 Å². The van der Waals surface area contributed by atoms with Gasteiger partial charge in [0, 0.05) is 24.2 Å². The average molecular weight is 262 g/mol. The van der Waals surface area contributed by atoms with E-state index < -0.39 is 6.10 Å². The predicted molar refractivity (Wildman–Crippen MR) is 74.1 cm³/mol. The number of aliphatic hydroxyl groups is 2. The average Bonchev–Trinajstić information content (AvgIpc) is 2.39. The lowest BCUT2D eigenvalue weighted by molar-refractivity contribution is 0.0942. The molecule has 0 radical (unpaired) electrons. The lowest BCUT2D eigenvalue weighted by atomic mass is 10.1. The molecule has 19 heavy (non-hydrogen) atoms. The van der Waals surface area contributed by atoms with Crippen LogP contribution in [0.3, 0.4) is 0 Å². The highest BCUT2D eigenvalue weighted by molar-refractivity contribution is 5.79. The molecular weight excluding hydrogens is 244 g/mol. The number of hydrogen-bond acceptors (Lipinski definition) is 4. The second kappa shape index (κ2) is 5.97. The first-order valence-corrected chi connectivity index (χ1v) is 6.22. The van der Waals surface area contributed by atoms with E-state index in [1.165, 1.54) is 0 Å². The number of hydrogen-bond donors (Lipinski definition) is 4. The van der Waals surface area contributed by atoms with Gasteiger partial charge in [-0.2, -0.15) is 0 Å². The van der Waals surface area contributed by atoms with Crippen molar-refractivity contribution < 1.29 is 10.2 Å². The van der Waals surface area contributed by atoms with E-state index in [2.05, 4.69) is 10.3 Å². The van der Waals surface area contributed by atoms with Gasteiger partial charge in [0.25, 0.3) is 5.56 Å². The van der Waals surface area contributed by atoms with Gasteiger partial charge in [0.05, 0.1) is 12.7 Å². The topological polar surface area (TPSA) is 85.4 Å². The van der Waals surface area contributed by atoms with Crippen molar-refractivity contribution in [1.29, 1.82) is 0 Å². The quantitative estimate of drug-likeness (QED) is 0.623. The third kappa shape index (κ3) is 3.41. The number of rotatable bonds is 5. The Morgan fingerprint density at radius 1 is 1.37 bits per heavy atom. The van der Waals surface area contributed by atoms with Crippen LogP contribution in [0.2, 0.25) is 0 Å². The predicted octanol–water partition coefficient (Wildman–Crippen LogP) is 0.279. The maximum atomic E-state index is 11.9. The van der Waals surface area contributed by atoms with E-state index in [1.807, 2.05) is 31.2 Å². The molecule has 1 atom stereocenters. The third-order valence-electron chi connectivity index (χ3n) is 2.98. The van der Waals surface area contributed by atoms with Crippen molar-refractivity contribution in [2.75, 3.05) is 13.2 Å². The summed E-state index contributed by atoms with van der Waals surface area (Å²) in [4.78, 5) is 14.7. The summed E-state index contributed by atoms with van der Waals surface area (Å²) in [5, 5.41) is 21.8. The highest BCUT2D eigenvalue weighted by Crippen LogP contribution is 2.12. The van der Waals surface area contributed by atoms with Gasteiger partial charge in [0.2, 0.25) is 0 Å². The van der Waals surface area contributed by atoms with Gasteiger partial charge in [0.15, 0.2) is 0 Å². The maximum Gasteiger partial charge on any atom is 0.252 e. The standard InChI is InChI=1S/C14H18N2O3/c1-9-2-3-13-10(4-9)5-11(14(19)16-13)6-15-7-12(18)8-17/h2-5,12,15,17-18H,6-8H2,1H3,(H,16,19)/t12-/m1/s1. The molecule has 0 unspecified atom stereocenters. The van der Waals surface area contributed by atoms with E-state index in [0.717, 1.165) is 16.5 Å². The Labute approximate surface area is 110 Å². The molecule has 0 aliphatic carbocycles. The van der Waals surface area contributed by atoms with Gasteiger partial charge in [0.1, 0.15) is 0 Å². The van der Waals surface area contributed by atoms with Crippen molar-refractivity contribution in [3.05, 3.63) is 45.7 Å². The van der Waals surface area contributed by atoms with Gasteiger partial charge in [-0.25, -0.2) is 0 Å². The van der Waals surface area contributed by atoms with Crippen molar-refractivity contribution in [3.8, 4) is 0 Å². The van der Waals surface area contributed by atoms with Crippen LogP contribution in [0, 0.1) is 6.92 Å². The minimum absolute atomic E-state index is 0.137. The highest BCUT2D eigenvalue weighted by atomic mass is 16.3. The van der Waals surface area contributed by atoms with E-state index in [1.54, 1.807) is 0 Å². The van der Waals surface area contributed by atoms with Crippen LogP contribution in [0.15, 0.2) is 29.1 Å². The Hall–Kier alpha value is -1.69. The van der Waals surface area contributed by atoms with Gasteiger partial charge >= 0.3 is 0 Å². The van der Waals surface area contributed by atoms with E-state index in [-0.39, 0.29) is 18.7 Å². The van der Waals surface area contributed by atoms with E-state index >= 15 is 0 Å². The number of H-pyrrole nitrogens is 1. The van der Waals surface area contributed by atoms with Crippen LogP contribution in [0.4, 0.5) is 0 Å². The Morgan fingerprint density at radius 3 is 2.89 bits per heavy atom. The molecule has 2 rings (SSSR count). The lowest BCUT2D eigenvalue weighted by Crippen LogP contribution is -2.30. The highest BCUT2D eigenvalue weighted by Gasteiger charge is 2.05. The van der Waals surface area contributed by atoms with E-state index in [0.29, 0.717) is 12.1 Å². The fourth-order valence-corrected chi connectivity index (χ4v) is 1.94. The van der Waals surface area contributed by atoms with Crippen LogP contribution in [-0.2, 0) is 6.54 Å². The van der Waals surface area contributed by atoms with E-state index in [9.17, 15) is 9.90 Å². The number of nitrogens with one attached hydrogen (secondary N) is 2. The van der Waals surface area contributed by atoms with Crippen LogP contribution in [0.25, 0.3) is 10.9 Å². The normalized spacial score (nSPS) is 12.8. The SMILES string of the molecule is Cc1ccc2[nH]c(=O)c(CNC[C@@H](O)CO)cc2c1. The molecule has 0 spiro atoms. The molecular formula is C14H18N2O3. The Balaban J connectivity index is 2.18. The first-order chi connectivity index (χ1) is 9.10. The second-order valence-electron chi connectivity index (χ2n) is 4.68. The largest absolute Gasteiger partial charge is 0.394 e. The summed E-state index contributed by atoms with van der Waals surface area (Å²) in [6, 6.07) is 7.70. The van der Waals surface area contributed by atoms with Crippen LogP contribution in [0.1, 0.15) is 11.1 Å². The molecule has 1 aromatic heterocycles. The molecule has 5 heteroatoms. The second-order valence-corrected chi connectivity index (χ2v) is 4.68. The van der Waals surface area contributed by atoms with Crippen LogP contribution in [-0.4, -0.2) is 34.5 Å². The molecule has 0 aliphatic heterocycles. The molecule has 0 bridgehead atoms. The molecule has 0 saturated heterocycles. The first kappa shape index (κ1) is 13.7. The minimum Gasteiger partial charge on any atom is -0.394 e. The summed E-state index contributed by atoms with van der Waals surface area (Å²) in [5.41, 5.74) is 2.43. The van der Waals surface area contributed by atoms with Gasteiger partial charge in [-0.05, 0) is 30.5 Å². The minimum atomic E-state index is -0.804. The maximum absolute atomic E-state index is 11.9. The number of benzene rings is 1. The van der Waals surface area contributed by atoms with Crippen molar-refractivity contribution in [1.82, 2.24) is 10.3 Å². The Bertz CT molecular complexity index is 622. The number of aliphatic hydroxyl groups excluding tert-OH is 2. The van der Waals surface area contributed by atoms with E-state index in [4.69, 9.17) is 5.11 Å². The molecule has 0 aliphatic rings. The molecule has 0 fully saturated rings. The molecule has 5 nitrogen and oxygen atoms in total. The molecule has 1 aromatic carbocycles. The van der Waals surface area contributed by atoms with Gasteiger partial charge < -0.3 is 20.5 Å². The zero-order valence-corrected chi connectivity index (χ0v) is 10.8. The summed E-state index contributed by atoms with van der Waals surface area (Å²) in [5.74, 6) is 0. The Kier molecular flexibility index (Phi) is 4.31. The van der Waals surface area contributed by atoms with Crippen molar-refractivity contribution in [2.24, 2.45) is 0 Å². The monoisotopic (exact) mass is 262 g/mol. The molecule has 4 N–H and O–H groups in total. The summed E-state index contributed by atoms with van der Waals surface area (Å²) < 4.78 is 0. The van der Waals surface area contributed by atoms with Gasteiger partial charge in [-0.3, -0.25) is 4.79 Å². The number of fused-ring (bicyclic) bond motifs is 1. The van der Waals surface area contributed by atoms with Gasteiger partial charge in [-0.15, -0.1) is 0 Å². The van der Waals surface area contributed by atoms with Crippen molar-refractivity contribution in [2.45, 2.75) is 19.6 Å². The molecule has 2 aromatic rings. The summed E-state index contributed by atoms with van der Waals surface area (Å²) >= 11 is 0. The van der Waals surface area contributed by atoms with Crippen LogP contribution >= 0.6 is 0 Å². The zero-order valence-electron chi connectivity index (χ0n) is 10.8. The third-order valence-corrected chi connectivity index (χ3v) is 2.98. The van der Waals surface area contributed by atoms with Crippen LogP contribution in [0.5, 0.6) is 0 Å².